The van der Waals surface area contributed by atoms with E-state index < -0.39 is 0 Å². The zero-order valence-corrected chi connectivity index (χ0v) is 13.0. The molecule has 0 radical (unpaired) electrons. The Kier molecular flexibility index (Phi) is 4.77. The largest absolute Gasteiger partial charge is 0.355 e. The summed E-state index contributed by atoms with van der Waals surface area (Å²) in [6.07, 6.45) is 1.16. The molecule has 1 fully saturated rings. The SMILES string of the molecule is Cc1c(NN)nc(C(C)C)nc1N1CCCN(C)CC1. The van der Waals surface area contributed by atoms with E-state index in [4.69, 9.17) is 10.8 Å². The third kappa shape index (κ3) is 3.19. The zero-order chi connectivity index (χ0) is 14.7. The molecule has 1 saturated heterocycles. The number of nitrogens with two attached hydrogens (primary N) is 1. The van der Waals surface area contributed by atoms with E-state index in [1.165, 1.54) is 0 Å². The lowest BCUT2D eigenvalue weighted by atomic mass is 10.2. The van der Waals surface area contributed by atoms with Crippen LogP contribution in [0.25, 0.3) is 0 Å². The normalized spacial score (nSPS) is 17.4. The van der Waals surface area contributed by atoms with Crippen LogP contribution in [-0.2, 0) is 0 Å². The molecule has 6 nitrogen and oxygen atoms in total. The van der Waals surface area contributed by atoms with Crippen LogP contribution in [-0.4, -0.2) is 48.1 Å². The summed E-state index contributed by atoms with van der Waals surface area (Å²) < 4.78 is 0. The van der Waals surface area contributed by atoms with Crippen LogP contribution in [0.5, 0.6) is 0 Å². The van der Waals surface area contributed by atoms with Crippen LogP contribution in [0, 0.1) is 6.92 Å². The number of nitrogens with one attached hydrogen (secondary N) is 1. The van der Waals surface area contributed by atoms with Crippen molar-refractivity contribution in [2.45, 2.75) is 33.1 Å². The van der Waals surface area contributed by atoms with Gasteiger partial charge >= 0.3 is 0 Å². The molecule has 2 heterocycles. The van der Waals surface area contributed by atoms with Crippen LogP contribution in [0.1, 0.15) is 37.6 Å². The summed E-state index contributed by atoms with van der Waals surface area (Å²) in [6, 6.07) is 0. The number of anilines is 2. The fourth-order valence-corrected chi connectivity index (χ4v) is 2.49. The van der Waals surface area contributed by atoms with Gasteiger partial charge in [-0.15, -0.1) is 0 Å². The van der Waals surface area contributed by atoms with Crippen molar-refractivity contribution in [1.82, 2.24) is 14.9 Å². The molecule has 0 aromatic carbocycles. The average Bonchev–Trinajstić information content (AvgIpc) is 2.63. The van der Waals surface area contributed by atoms with Gasteiger partial charge < -0.3 is 15.2 Å². The van der Waals surface area contributed by atoms with Gasteiger partial charge in [-0.05, 0) is 26.9 Å². The van der Waals surface area contributed by atoms with Crippen molar-refractivity contribution < 1.29 is 0 Å². The minimum Gasteiger partial charge on any atom is -0.355 e. The highest BCUT2D eigenvalue weighted by Crippen LogP contribution is 2.26. The summed E-state index contributed by atoms with van der Waals surface area (Å²) >= 11 is 0. The number of likely N-dealkylation sites (N-methyl/N-ethyl adjacent to an activating group) is 1. The van der Waals surface area contributed by atoms with Crippen LogP contribution in [0.3, 0.4) is 0 Å². The fourth-order valence-electron chi connectivity index (χ4n) is 2.49. The molecule has 0 unspecified atom stereocenters. The predicted molar refractivity (Wildman–Crippen MR) is 83.0 cm³/mol. The predicted octanol–water partition coefficient (Wildman–Crippen LogP) is 1.34. The molecule has 1 aromatic heterocycles. The standard InChI is InChI=1S/C14H26N6/c1-10(2)12-16-13(18-15)11(3)14(17-12)20-7-5-6-19(4)8-9-20/h10H,5-9,15H2,1-4H3,(H,16,17,18). The van der Waals surface area contributed by atoms with Gasteiger partial charge in [0, 0.05) is 31.1 Å². The first-order valence-corrected chi connectivity index (χ1v) is 7.31. The molecule has 1 aliphatic rings. The lowest BCUT2D eigenvalue weighted by Crippen LogP contribution is -2.31. The third-order valence-electron chi connectivity index (χ3n) is 3.81. The van der Waals surface area contributed by atoms with Crippen molar-refractivity contribution in [3.8, 4) is 0 Å². The molecule has 2 rings (SSSR count). The van der Waals surface area contributed by atoms with E-state index in [0.717, 1.165) is 55.6 Å². The minimum atomic E-state index is 0.288. The van der Waals surface area contributed by atoms with Gasteiger partial charge in [0.25, 0.3) is 0 Å². The molecule has 0 saturated carbocycles. The van der Waals surface area contributed by atoms with E-state index >= 15 is 0 Å². The summed E-state index contributed by atoms with van der Waals surface area (Å²) in [7, 11) is 2.17. The van der Waals surface area contributed by atoms with Gasteiger partial charge in [-0.2, -0.15) is 0 Å². The number of aromatic nitrogens is 2. The summed E-state index contributed by atoms with van der Waals surface area (Å²) in [5.74, 6) is 8.49. The number of hydrogen-bond acceptors (Lipinski definition) is 6. The van der Waals surface area contributed by atoms with E-state index in [2.05, 4.69) is 41.1 Å². The second-order valence-electron chi connectivity index (χ2n) is 5.82. The molecular weight excluding hydrogens is 252 g/mol. The Labute approximate surface area is 121 Å². The van der Waals surface area contributed by atoms with Gasteiger partial charge in [-0.1, -0.05) is 13.8 Å². The quantitative estimate of drug-likeness (QED) is 0.642. The third-order valence-corrected chi connectivity index (χ3v) is 3.81. The first-order chi connectivity index (χ1) is 9.52. The zero-order valence-electron chi connectivity index (χ0n) is 13.0. The second-order valence-corrected chi connectivity index (χ2v) is 5.82. The van der Waals surface area contributed by atoms with Gasteiger partial charge in [-0.25, -0.2) is 15.8 Å². The maximum absolute atomic E-state index is 5.60. The second kappa shape index (κ2) is 6.37. The van der Waals surface area contributed by atoms with Crippen molar-refractivity contribution in [3.63, 3.8) is 0 Å². The van der Waals surface area contributed by atoms with Gasteiger partial charge in [0.1, 0.15) is 17.5 Å². The van der Waals surface area contributed by atoms with Gasteiger partial charge in [0.15, 0.2) is 0 Å². The first-order valence-electron chi connectivity index (χ1n) is 7.31. The Morgan fingerprint density at radius 2 is 1.90 bits per heavy atom. The highest BCUT2D eigenvalue weighted by Gasteiger charge is 2.19. The van der Waals surface area contributed by atoms with Crippen LogP contribution < -0.4 is 16.2 Å². The Hall–Kier alpha value is -1.40. The molecule has 0 amide bonds. The molecule has 0 bridgehead atoms. The molecule has 1 aliphatic heterocycles. The number of hydrogen-bond donors (Lipinski definition) is 2. The number of rotatable bonds is 3. The highest BCUT2D eigenvalue weighted by atomic mass is 15.3. The van der Waals surface area contributed by atoms with E-state index in [-0.39, 0.29) is 5.92 Å². The number of nitrogen functional groups attached to an aromatic ring is 1. The summed E-state index contributed by atoms with van der Waals surface area (Å²) in [6.45, 7) is 10.5. The van der Waals surface area contributed by atoms with Crippen LogP contribution in [0.4, 0.5) is 11.6 Å². The van der Waals surface area contributed by atoms with E-state index in [9.17, 15) is 0 Å². The van der Waals surface area contributed by atoms with Crippen LogP contribution in [0.2, 0.25) is 0 Å². The van der Waals surface area contributed by atoms with Crippen LogP contribution >= 0.6 is 0 Å². The van der Waals surface area contributed by atoms with E-state index in [0.29, 0.717) is 0 Å². The van der Waals surface area contributed by atoms with Crippen molar-refractivity contribution in [1.29, 1.82) is 0 Å². The fraction of sp³-hybridized carbons (Fsp3) is 0.714. The van der Waals surface area contributed by atoms with Crippen molar-refractivity contribution in [3.05, 3.63) is 11.4 Å². The molecule has 0 atom stereocenters. The summed E-state index contributed by atoms with van der Waals surface area (Å²) in [5, 5.41) is 0. The smallest absolute Gasteiger partial charge is 0.148 e. The monoisotopic (exact) mass is 278 g/mol. The molecule has 20 heavy (non-hydrogen) atoms. The van der Waals surface area contributed by atoms with Gasteiger partial charge in [-0.3, -0.25) is 0 Å². The number of hydrazine groups is 1. The molecule has 0 spiro atoms. The number of nitrogens with zero attached hydrogens (tertiary/aromatic N) is 4. The summed E-state index contributed by atoms with van der Waals surface area (Å²) in [4.78, 5) is 14.0. The Balaban J connectivity index is 2.36. The Morgan fingerprint density at radius 1 is 1.15 bits per heavy atom. The first kappa shape index (κ1) is 15.0. The van der Waals surface area contributed by atoms with Gasteiger partial charge in [0.2, 0.25) is 0 Å². The van der Waals surface area contributed by atoms with E-state index in [1.54, 1.807) is 0 Å². The Bertz CT molecular complexity index is 459. The topological polar surface area (TPSA) is 70.3 Å². The molecule has 6 heteroatoms. The van der Waals surface area contributed by atoms with Crippen molar-refractivity contribution >= 4 is 11.6 Å². The Morgan fingerprint density at radius 3 is 2.55 bits per heavy atom. The minimum absolute atomic E-state index is 0.288. The van der Waals surface area contributed by atoms with Crippen LogP contribution in [0.15, 0.2) is 0 Å². The van der Waals surface area contributed by atoms with E-state index in [1.807, 2.05) is 6.92 Å². The maximum Gasteiger partial charge on any atom is 0.148 e. The van der Waals surface area contributed by atoms with Gasteiger partial charge in [0.05, 0.1) is 0 Å². The lowest BCUT2D eigenvalue weighted by molar-refractivity contribution is 0.360. The average molecular weight is 278 g/mol. The lowest BCUT2D eigenvalue weighted by Gasteiger charge is -2.25. The van der Waals surface area contributed by atoms with Crippen molar-refractivity contribution in [2.75, 3.05) is 43.6 Å². The molecule has 1 aromatic rings. The molecule has 0 aliphatic carbocycles. The highest BCUT2D eigenvalue weighted by molar-refractivity contribution is 5.58. The van der Waals surface area contributed by atoms with Crippen molar-refractivity contribution in [2.24, 2.45) is 5.84 Å². The molecular formula is C14H26N6. The molecule has 3 N–H and O–H groups in total. The molecule has 112 valence electrons. The summed E-state index contributed by atoms with van der Waals surface area (Å²) in [5.41, 5.74) is 3.74. The maximum atomic E-state index is 5.60.